The van der Waals surface area contributed by atoms with Gasteiger partial charge in [0.15, 0.2) is 0 Å². The fourth-order valence-corrected chi connectivity index (χ4v) is 1.84. The highest BCUT2D eigenvalue weighted by Gasteiger charge is 2.27. The van der Waals surface area contributed by atoms with E-state index in [9.17, 15) is 9.90 Å². The van der Waals surface area contributed by atoms with Crippen molar-refractivity contribution in [2.45, 2.75) is 51.3 Å². The fourth-order valence-electron chi connectivity index (χ4n) is 1.84. The normalized spacial score (nSPS) is 35.0. The maximum absolute atomic E-state index is 11.3. The molecular formula is C10H20N2O2. The van der Waals surface area contributed by atoms with Gasteiger partial charge in [-0.15, -0.1) is 0 Å². The lowest BCUT2D eigenvalue weighted by molar-refractivity contribution is -0.123. The van der Waals surface area contributed by atoms with Crippen LogP contribution in [0.3, 0.4) is 0 Å². The first kappa shape index (κ1) is 11.5. The standard InChI is InChI=1S/C10H20N2O2/c1-6-5-8(3-4-9(6)13)12-10(14)7(2)11/h6-9,13H,3-5,11H2,1-2H3,(H,12,14)/t6-,7+,8-,9-/m0/s1. The molecule has 0 heterocycles. The second-order valence-electron chi connectivity index (χ2n) is 4.35. The number of aliphatic hydroxyl groups is 1. The number of nitrogens with two attached hydrogens (primary N) is 1. The lowest BCUT2D eigenvalue weighted by atomic mass is 9.84. The number of carbonyl (C=O) groups is 1. The Morgan fingerprint density at radius 1 is 1.57 bits per heavy atom. The summed E-state index contributed by atoms with van der Waals surface area (Å²) in [5.41, 5.74) is 5.45. The van der Waals surface area contributed by atoms with Crippen LogP contribution in [0.1, 0.15) is 33.1 Å². The zero-order valence-corrected chi connectivity index (χ0v) is 8.86. The van der Waals surface area contributed by atoms with Crippen molar-refractivity contribution >= 4 is 5.91 Å². The Morgan fingerprint density at radius 2 is 2.21 bits per heavy atom. The molecule has 4 heteroatoms. The van der Waals surface area contributed by atoms with Gasteiger partial charge in [0.25, 0.3) is 0 Å². The lowest BCUT2D eigenvalue weighted by Crippen LogP contribution is -2.47. The molecule has 1 fully saturated rings. The van der Waals surface area contributed by atoms with Crippen molar-refractivity contribution < 1.29 is 9.90 Å². The molecule has 1 amide bonds. The van der Waals surface area contributed by atoms with E-state index in [1.54, 1.807) is 6.92 Å². The fraction of sp³-hybridized carbons (Fsp3) is 0.900. The summed E-state index contributed by atoms with van der Waals surface area (Å²) in [6, 6.07) is -0.260. The van der Waals surface area contributed by atoms with E-state index in [2.05, 4.69) is 5.32 Å². The van der Waals surface area contributed by atoms with E-state index >= 15 is 0 Å². The smallest absolute Gasteiger partial charge is 0.236 e. The zero-order valence-electron chi connectivity index (χ0n) is 8.86. The first-order chi connectivity index (χ1) is 6.50. The molecule has 0 unspecified atom stereocenters. The van der Waals surface area contributed by atoms with Crippen molar-refractivity contribution in [3.05, 3.63) is 0 Å². The van der Waals surface area contributed by atoms with E-state index in [0.29, 0.717) is 0 Å². The number of hydrogen-bond acceptors (Lipinski definition) is 3. The second-order valence-corrected chi connectivity index (χ2v) is 4.35. The van der Waals surface area contributed by atoms with Crippen molar-refractivity contribution in [3.63, 3.8) is 0 Å². The molecule has 0 spiro atoms. The van der Waals surface area contributed by atoms with E-state index in [0.717, 1.165) is 19.3 Å². The van der Waals surface area contributed by atoms with Crippen molar-refractivity contribution in [2.75, 3.05) is 0 Å². The van der Waals surface area contributed by atoms with Crippen LogP contribution in [0.5, 0.6) is 0 Å². The summed E-state index contributed by atoms with van der Waals surface area (Å²) in [5.74, 6) is 0.167. The topological polar surface area (TPSA) is 75.4 Å². The number of hydrogen-bond donors (Lipinski definition) is 3. The molecule has 4 N–H and O–H groups in total. The Bertz CT molecular complexity index is 206. The molecule has 82 valence electrons. The highest BCUT2D eigenvalue weighted by atomic mass is 16.3. The molecule has 0 aliphatic heterocycles. The van der Waals surface area contributed by atoms with Gasteiger partial charge in [-0.05, 0) is 32.1 Å². The molecule has 4 nitrogen and oxygen atoms in total. The quantitative estimate of drug-likeness (QED) is 0.587. The molecular weight excluding hydrogens is 180 g/mol. The molecule has 0 bridgehead atoms. The molecule has 1 saturated carbocycles. The third kappa shape index (κ3) is 2.96. The van der Waals surface area contributed by atoms with Crippen molar-refractivity contribution in [1.82, 2.24) is 5.32 Å². The van der Waals surface area contributed by atoms with E-state index in [1.807, 2.05) is 6.92 Å². The Morgan fingerprint density at radius 3 is 2.71 bits per heavy atom. The molecule has 0 aromatic rings. The van der Waals surface area contributed by atoms with Gasteiger partial charge >= 0.3 is 0 Å². The van der Waals surface area contributed by atoms with Crippen molar-refractivity contribution in [1.29, 1.82) is 0 Å². The molecule has 0 aromatic heterocycles. The van der Waals surface area contributed by atoms with Gasteiger partial charge < -0.3 is 16.2 Å². The summed E-state index contributed by atoms with van der Waals surface area (Å²) in [4.78, 5) is 11.3. The van der Waals surface area contributed by atoms with Gasteiger partial charge in [0.05, 0.1) is 12.1 Å². The Labute approximate surface area is 84.9 Å². The minimum atomic E-state index is -0.447. The van der Waals surface area contributed by atoms with Crippen LogP contribution in [0.15, 0.2) is 0 Å². The summed E-state index contributed by atoms with van der Waals surface area (Å²) in [5, 5.41) is 12.4. The third-order valence-corrected chi connectivity index (χ3v) is 2.88. The largest absolute Gasteiger partial charge is 0.393 e. The summed E-state index contributed by atoms with van der Waals surface area (Å²) < 4.78 is 0. The zero-order chi connectivity index (χ0) is 10.7. The minimum Gasteiger partial charge on any atom is -0.393 e. The first-order valence-electron chi connectivity index (χ1n) is 5.24. The predicted molar refractivity (Wildman–Crippen MR) is 54.6 cm³/mol. The highest BCUT2D eigenvalue weighted by Crippen LogP contribution is 2.24. The summed E-state index contributed by atoms with van der Waals surface area (Å²) in [7, 11) is 0. The van der Waals surface area contributed by atoms with Crippen LogP contribution in [0.4, 0.5) is 0 Å². The average Bonchev–Trinajstić information content (AvgIpc) is 2.11. The van der Waals surface area contributed by atoms with E-state index in [1.165, 1.54) is 0 Å². The second kappa shape index (κ2) is 4.75. The summed E-state index contributed by atoms with van der Waals surface area (Å²) in [6.07, 6.45) is 2.26. The van der Waals surface area contributed by atoms with E-state index in [4.69, 9.17) is 5.73 Å². The molecule has 14 heavy (non-hydrogen) atoms. The molecule has 1 rings (SSSR count). The number of rotatable bonds is 2. The number of amides is 1. The van der Waals surface area contributed by atoms with Crippen LogP contribution >= 0.6 is 0 Å². The first-order valence-corrected chi connectivity index (χ1v) is 5.24. The van der Waals surface area contributed by atoms with Gasteiger partial charge in [0.2, 0.25) is 5.91 Å². The Balaban J connectivity index is 2.37. The minimum absolute atomic E-state index is 0.0985. The number of carbonyl (C=O) groups excluding carboxylic acids is 1. The van der Waals surface area contributed by atoms with E-state index in [-0.39, 0.29) is 24.0 Å². The van der Waals surface area contributed by atoms with Crippen molar-refractivity contribution in [2.24, 2.45) is 11.7 Å². The molecule has 0 radical (unpaired) electrons. The lowest BCUT2D eigenvalue weighted by Gasteiger charge is -2.31. The van der Waals surface area contributed by atoms with Gasteiger partial charge in [-0.1, -0.05) is 6.92 Å². The van der Waals surface area contributed by atoms with Crippen molar-refractivity contribution in [3.8, 4) is 0 Å². The average molecular weight is 200 g/mol. The third-order valence-electron chi connectivity index (χ3n) is 2.88. The van der Waals surface area contributed by atoms with Gasteiger partial charge in [-0.25, -0.2) is 0 Å². The molecule has 0 saturated heterocycles. The van der Waals surface area contributed by atoms with Crippen LogP contribution < -0.4 is 11.1 Å². The Hall–Kier alpha value is -0.610. The van der Waals surface area contributed by atoms with Crippen LogP contribution in [-0.2, 0) is 4.79 Å². The van der Waals surface area contributed by atoms with E-state index < -0.39 is 6.04 Å². The van der Waals surface area contributed by atoms with Crippen LogP contribution in [0, 0.1) is 5.92 Å². The number of nitrogens with one attached hydrogen (secondary N) is 1. The maximum Gasteiger partial charge on any atom is 0.236 e. The van der Waals surface area contributed by atoms with Gasteiger partial charge in [-0.3, -0.25) is 4.79 Å². The van der Waals surface area contributed by atoms with Gasteiger partial charge in [0, 0.05) is 6.04 Å². The molecule has 1 aliphatic rings. The predicted octanol–water partition coefficient (Wildman–Crippen LogP) is -0.000700. The molecule has 0 aromatic carbocycles. The SMILES string of the molecule is C[C@@H](N)C(=O)N[C@H]1CC[C@H](O)[C@@H](C)C1. The maximum atomic E-state index is 11.3. The molecule has 4 atom stereocenters. The van der Waals surface area contributed by atoms with Crippen LogP contribution in [-0.4, -0.2) is 29.2 Å². The Kier molecular flexibility index (Phi) is 3.89. The number of aliphatic hydroxyl groups excluding tert-OH is 1. The van der Waals surface area contributed by atoms with Crippen LogP contribution in [0.2, 0.25) is 0 Å². The summed E-state index contributed by atoms with van der Waals surface area (Å²) in [6.45, 7) is 3.69. The molecule has 1 aliphatic carbocycles. The van der Waals surface area contributed by atoms with Crippen LogP contribution in [0.25, 0.3) is 0 Å². The van der Waals surface area contributed by atoms with Gasteiger partial charge in [0.1, 0.15) is 0 Å². The highest BCUT2D eigenvalue weighted by molar-refractivity contribution is 5.81. The monoisotopic (exact) mass is 200 g/mol. The van der Waals surface area contributed by atoms with Gasteiger partial charge in [-0.2, -0.15) is 0 Å². The summed E-state index contributed by atoms with van der Waals surface area (Å²) >= 11 is 0.